The molecule has 0 bridgehead atoms. The largest absolute Gasteiger partial charge is 0.204 e. The zero-order chi connectivity index (χ0) is 11.3. The fourth-order valence-corrected chi connectivity index (χ4v) is 2.19. The van der Waals surface area contributed by atoms with Gasteiger partial charge in [0.15, 0.2) is 11.6 Å². The van der Waals surface area contributed by atoms with Crippen LogP contribution in [0.3, 0.4) is 0 Å². The highest BCUT2D eigenvalue weighted by atomic mass is 79.9. The second-order valence-corrected chi connectivity index (χ2v) is 4.41. The molecule has 0 heterocycles. The maximum Gasteiger partial charge on any atom is 0.159 e. The second-order valence-electron chi connectivity index (χ2n) is 3.76. The van der Waals surface area contributed by atoms with E-state index in [-0.39, 0.29) is 0 Å². The average molecular weight is 277 g/mol. The van der Waals surface area contributed by atoms with E-state index in [0.717, 1.165) is 30.2 Å². The van der Waals surface area contributed by atoms with Gasteiger partial charge < -0.3 is 0 Å². The predicted octanol–water partition coefficient (Wildman–Crippen LogP) is 4.32. The summed E-state index contributed by atoms with van der Waals surface area (Å²) in [6.07, 6.45) is 3.01. The molecule has 1 aromatic rings. The molecule has 0 N–H and O–H groups in total. The van der Waals surface area contributed by atoms with Crippen LogP contribution in [0.25, 0.3) is 0 Å². The normalized spacial score (nSPS) is 12.8. The molecule has 0 aromatic heterocycles. The molecule has 0 aliphatic carbocycles. The zero-order valence-electron chi connectivity index (χ0n) is 8.77. The van der Waals surface area contributed by atoms with Crippen molar-refractivity contribution < 1.29 is 8.78 Å². The standard InChI is InChI=1S/C12H15BrF2/c1-2-3-10(8-13)6-9-4-5-11(14)12(15)7-9/h4-5,7,10H,2-3,6,8H2,1H3. The summed E-state index contributed by atoms with van der Waals surface area (Å²) in [5.41, 5.74) is 0.867. The Kier molecular flexibility index (Phi) is 5.23. The summed E-state index contributed by atoms with van der Waals surface area (Å²) in [6.45, 7) is 2.13. The number of halogens is 3. The van der Waals surface area contributed by atoms with E-state index in [1.54, 1.807) is 6.07 Å². The van der Waals surface area contributed by atoms with Gasteiger partial charge in [0.2, 0.25) is 0 Å². The summed E-state index contributed by atoms with van der Waals surface area (Å²) in [6, 6.07) is 4.15. The minimum Gasteiger partial charge on any atom is -0.204 e. The molecule has 0 aliphatic heterocycles. The van der Waals surface area contributed by atoms with Gasteiger partial charge in [0.1, 0.15) is 0 Å². The van der Waals surface area contributed by atoms with Gasteiger partial charge in [-0.2, -0.15) is 0 Å². The lowest BCUT2D eigenvalue weighted by Crippen LogP contribution is -2.06. The summed E-state index contributed by atoms with van der Waals surface area (Å²) in [5, 5.41) is 0.903. The molecule has 0 fully saturated rings. The lowest BCUT2D eigenvalue weighted by molar-refractivity contribution is 0.499. The topological polar surface area (TPSA) is 0 Å². The molecular formula is C12H15BrF2. The number of benzene rings is 1. The Bertz CT molecular complexity index is 312. The van der Waals surface area contributed by atoms with Crippen LogP contribution in [0.2, 0.25) is 0 Å². The molecule has 0 amide bonds. The first-order valence-corrected chi connectivity index (χ1v) is 6.29. The van der Waals surface area contributed by atoms with Gasteiger partial charge in [-0.1, -0.05) is 35.3 Å². The van der Waals surface area contributed by atoms with Crippen molar-refractivity contribution in [1.82, 2.24) is 0 Å². The Balaban J connectivity index is 2.66. The van der Waals surface area contributed by atoms with Gasteiger partial charge in [0.25, 0.3) is 0 Å². The van der Waals surface area contributed by atoms with Gasteiger partial charge >= 0.3 is 0 Å². The van der Waals surface area contributed by atoms with E-state index in [4.69, 9.17) is 0 Å². The van der Waals surface area contributed by atoms with Gasteiger partial charge in [0.05, 0.1) is 0 Å². The van der Waals surface area contributed by atoms with Crippen LogP contribution in [-0.2, 0) is 6.42 Å². The van der Waals surface area contributed by atoms with Crippen LogP contribution in [-0.4, -0.2) is 5.33 Å². The molecule has 15 heavy (non-hydrogen) atoms. The van der Waals surface area contributed by atoms with Crippen molar-refractivity contribution in [3.63, 3.8) is 0 Å². The summed E-state index contributed by atoms with van der Waals surface area (Å²) >= 11 is 3.44. The van der Waals surface area contributed by atoms with Crippen molar-refractivity contribution in [3.8, 4) is 0 Å². The highest BCUT2D eigenvalue weighted by Crippen LogP contribution is 2.18. The number of rotatable bonds is 5. The van der Waals surface area contributed by atoms with E-state index in [9.17, 15) is 8.78 Å². The quantitative estimate of drug-likeness (QED) is 0.703. The van der Waals surface area contributed by atoms with Gasteiger partial charge in [0, 0.05) is 5.33 Å². The van der Waals surface area contributed by atoms with Crippen molar-refractivity contribution in [3.05, 3.63) is 35.4 Å². The zero-order valence-corrected chi connectivity index (χ0v) is 10.4. The minimum absolute atomic E-state index is 0.500. The van der Waals surface area contributed by atoms with E-state index in [0.29, 0.717) is 5.92 Å². The van der Waals surface area contributed by atoms with Gasteiger partial charge in [-0.05, 0) is 36.5 Å². The molecule has 3 heteroatoms. The number of hydrogen-bond acceptors (Lipinski definition) is 0. The van der Waals surface area contributed by atoms with Crippen LogP contribution >= 0.6 is 15.9 Å². The van der Waals surface area contributed by atoms with E-state index in [1.807, 2.05) is 0 Å². The molecule has 1 unspecified atom stereocenters. The lowest BCUT2D eigenvalue weighted by atomic mass is 9.97. The highest BCUT2D eigenvalue weighted by Gasteiger charge is 2.09. The van der Waals surface area contributed by atoms with Crippen LogP contribution in [0.15, 0.2) is 18.2 Å². The summed E-state index contributed by atoms with van der Waals surface area (Å²) in [7, 11) is 0. The van der Waals surface area contributed by atoms with Crippen molar-refractivity contribution in [1.29, 1.82) is 0 Å². The van der Waals surface area contributed by atoms with Crippen LogP contribution in [0.5, 0.6) is 0 Å². The number of hydrogen-bond donors (Lipinski definition) is 0. The van der Waals surface area contributed by atoms with Gasteiger partial charge in [-0.25, -0.2) is 8.78 Å². The first-order valence-electron chi connectivity index (χ1n) is 5.17. The molecule has 1 rings (SSSR count). The minimum atomic E-state index is -0.773. The third kappa shape index (κ3) is 3.90. The maximum absolute atomic E-state index is 12.9. The third-order valence-corrected chi connectivity index (χ3v) is 3.34. The van der Waals surface area contributed by atoms with Crippen molar-refractivity contribution in [2.45, 2.75) is 26.2 Å². The molecular weight excluding hydrogens is 262 g/mol. The molecule has 1 atom stereocenters. The first kappa shape index (κ1) is 12.6. The Hall–Kier alpha value is -0.440. The van der Waals surface area contributed by atoms with E-state index < -0.39 is 11.6 Å². The highest BCUT2D eigenvalue weighted by molar-refractivity contribution is 9.09. The predicted molar refractivity (Wildman–Crippen MR) is 62.3 cm³/mol. The second kappa shape index (κ2) is 6.21. The molecule has 0 nitrogen and oxygen atoms in total. The van der Waals surface area contributed by atoms with Crippen LogP contribution in [0.4, 0.5) is 8.78 Å². The van der Waals surface area contributed by atoms with E-state index in [2.05, 4.69) is 22.9 Å². The van der Waals surface area contributed by atoms with Crippen LogP contribution in [0.1, 0.15) is 25.3 Å². The molecule has 84 valence electrons. The molecule has 0 saturated heterocycles. The SMILES string of the molecule is CCCC(CBr)Cc1ccc(F)c(F)c1. The van der Waals surface area contributed by atoms with Crippen molar-refractivity contribution >= 4 is 15.9 Å². The van der Waals surface area contributed by atoms with Crippen molar-refractivity contribution in [2.24, 2.45) is 5.92 Å². The Morgan fingerprint density at radius 3 is 2.53 bits per heavy atom. The molecule has 0 saturated carbocycles. The molecule has 0 aliphatic rings. The molecule has 0 spiro atoms. The summed E-state index contributed by atoms with van der Waals surface area (Å²) in [5.74, 6) is -1.03. The first-order chi connectivity index (χ1) is 7.17. The van der Waals surface area contributed by atoms with Crippen molar-refractivity contribution in [2.75, 3.05) is 5.33 Å². The smallest absolute Gasteiger partial charge is 0.159 e. The number of alkyl halides is 1. The lowest BCUT2D eigenvalue weighted by Gasteiger charge is -2.12. The fourth-order valence-electron chi connectivity index (χ4n) is 1.64. The van der Waals surface area contributed by atoms with Crippen LogP contribution < -0.4 is 0 Å². The fraction of sp³-hybridized carbons (Fsp3) is 0.500. The van der Waals surface area contributed by atoms with E-state index >= 15 is 0 Å². The summed E-state index contributed by atoms with van der Waals surface area (Å²) < 4.78 is 25.6. The Labute approximate surface area is 97.8 Å². The van der Waals surface area contributed by atoms with Gasteiger partial charge in [-0.15, -0.1) is 0 Å². The maximum atomic E-state index is 12.9. The Morgan fingerprint density at radius 1 is 1.27 bits per heavy atom. The molecule has 1 aromatic carbocycles. The van der Waals surface area contributed by atoms with Crippen LogP contribution in [0, 0.1) is 17.6 Å². The molecule has 0 radical (unpaired) electrons. The van der Waals surface area contributed by atoms with E-state index in [1.165, 1.54) is 12.1 Å². The monoisotopic (exact) mass is 276 g/mol. The third-order valence-electron chi connectivity index (χ3n) is 2.42. The average Bonchev–Trinajstić information content (AvgIpc) is 2.23. The summed E-state index contributed by atoms with van der Waals surface area (Å²) in [4.78, 5) is 0. The van der Waals surface area contributed by atoms with Gasteiger partial charge in [-0.3, -0.25) is 0 Å². The Morgan fingerprint density at radius 2 is 2.00 bits per heavy atom.